The Labute approximate surface area is 165 Å². The standard InChI is InChI=1S/C19H18Cl2O6/c20-12-6-10(16(24)8-18(12)26)14(22)4-2-1-3-5-15(23)11-7-13(21)19(27)9-17(11)25/h6-9,24-27H,1-5H2. The van der Waals surface area contributed by atoms with Crippen LogP contribution in [0, 0.1) is 0 Å². The van der Waals surface area contributed by atoms with Gasteiger partial charge in [0.2, 0.25) is 0 Å². The van der Waals surface area contributed by atoms with Crippen molar-refractivity contribution in [2.24, 2.45) is 0 Å². The number of aromatic hydroxyl groups is 4. The highest BCUT2D eigenvalue weighted by molar-refractivity contribution is 6.32. The van der Waals surface area contributed by atoms with Gasteiger partial charge in [0.15, 0.2) is 11.6 Å². The average Bonchev–Trinajstić information content (AvgIpc) is 2.60. The zero-order chi connectivity index (χ0) is 20.1. The minimum atomic E-state index is -0.336. The van der Waals surface area contributed by atoms with Crippen molar-refractivity contribution in [1.82, 2.24) is 0 Å². The predicted molar refractivity (Wildman–Crippen MR) is 101 cm³/mol. The van der Waals surface area contributed by atoms with Crippen molar-refractivity contribution >= 4 is 34.8 Å². The molecule has 0 bridgehead atoms. The van der Waals surface area contributed by atoms with Gasteiger partial charge >= 0.3 is 0 Å². The van der Waals surface area contributed by atoms with Crippen LogP contribution in [0.15, 0.2) is 24.3 Å². The molecular weight excluding hydrogens is 395 g/mol. The van der Waals surface area contributed by atoms with Crippen LogP contribution in [-0.2, 0) is 0 Å². The lowest BCUT2D eigenvalue weighted by Crippen LogP contribution is -2.02. The van der Waals surface area contributed by atoms with Gasteiger partial charge in [0, 0.05) is 25.0 Å². The van der Waals surface area contributed by atoms with Gasteiger partial charge in [0.25, 0.3) is 0 Å². The maximum atomic E-state index is 12.1. The number of ketones is 2. The highest BCUT2D eigenvalue weighted by Crippen LogP contribution is 2.33. The molecule has 0 aliphatic heterocycles. The fourth-order valence-corrected chi connectivity index (χ4v) is 2.89. The molecule has 0 heterocycles. The van der Waals surface area contributed by atoms with Crippen LogP contribution in [-0.4, -0.2) is 32.0 Å². The lowest BCUT2D eigenvalue weighted by molar-refractivity contribution is 0.0976. The van der Waals surface area contributed by atoms with Crippen LogP contribution in [0.4, 0.5) is 0 Å². The van der Waals surface area contributed by atoms with Crippen molar-refractivity contribution in [3.63, 3.8) is 0 Å². The molecule has 2 aromatic carbocycles. The molecule has 0 fully saturated rings. The Morgan fingerprint density at radius 3 is 1.37 bits per heavy atom. The first-order chi connectivity index (χ1) is 12.7. The van der Waals surface area contributed by atoms with E-state index in [-0.39, 0.29) is 68.6 Å². The summed E-state index contributed by atoms with van der Waals surface area (Å²) in [5, 5.41) is 38.1. The molecule has 0 aliphatic carbocycles. The van der Waals surface area contributed by atoms with Crippen molar-refractivity contribution < 1.29 is 30.0 Å². The second kappa shape index (κ2) is 8.97. The first kappa shape index (κ1) is 20.9. The van der Waals surface area contributed by atoms with Gasteiger partial charge in [-0.2, -0.15) is 0 Å². The van der Waals surface area contributed by atoms with Crippen molar-refractivity contribution in [3.05, 3.63) is 45.4 Å². The third-order valence-corrected chi connectivity index (χ3v) is 4.64. The van der Waals surface area contributed by atoms with Crippen LogP contribution in [0.2, 0.25) is 10.0 Å². The van der Waals surface area contributed by atoms with Crippen LogP contribution in [0.25, 0.3) is 0 Å². The topological polar surface area (TPSA) is 115 Å². The van der Waals surface area contributed by atoms with Crippen molar-refractivity contribution in [2.75, 3.05) is 0 Å². The van der Waals surface area contributed by atoms with Crippen LogP contribution >= 0.6 is 23.2 Å². The number of carbonyl (C=O) groups excluding carboxylic acids is 2. The van der Waals surface area contributed by atoms with Crippen molar-refractivity contribution in [3.8, 4) is 23.0 Å². The van der Waals surface area contributed by atoms with Gasteiger partial charge in [-0.25, -0.2) is 0 Å². The molecule has 4 N–H and O–H groups in total. The Kier molecular flexibility index (Phi) is 6.93. The second-order valence-corrected chi connectivity index (χ2v) is 6.86. The minimum Gasteiger partial charge on any atom is -0.507 e. The summed E-state index contributed by atoms with van der Waals surface area (Å²) in [7, 11) is 0. The summed E-state index contributed by atoms with van der Waals surface area (Å²) >= 11 is 11.5. The van der Waals surface area contributed by atoms with E-state index in [1.807, 2.05) is 0 Å². The molecule has 0 saturated heterocycles. The lowest BCUT2D eigenvalue weighted by Gasteiger charge is -2.07. The highest BCUT2D eigenvalue weighted by Gasteiger charge is 2.16. The molecule has 6 nitrogen and oxygen atoms in total. The van der Waals surface area contributed by atoms with Crippen molar-refractivity contribution in [2.45, 2.75) is 32.1 Å². The Morgan fingerprint density at radius 1 is 0.630 bits per heavy atom. The zero-order valence-corrected chi connectivity index (χ0v) is 15.7. The van der Waals surface area contributed by atoms with Crippen LogP contribution in [0.5, 0.6) is 23.0 Å². The number of phenols is 4. The van der Waals surface area contributed by atoms with Crippen LogP contribution < -0.4 is 0 Å². The van der Waals surface area contributed by atoms with E-state index in [1.54, 1.807) is 0 Å². The zero-order valence-electron chi connectivity index (χ0n) is 14.2. The molecule has 27 heavy (non-hydrogen) atoms. The lowest BCUT2D eigenvalue weighted by atomic mass is 10.0. The molecule has 0 atom stereocenters. The van der Waals surface area contributed by atoms with Crippen LogP contribution in [0.1, 0.15) is 52.8 Å². The number of carbonyl (C=O) groups is 2. The van der Waals surface area contributed by atoms with E-state index in [1.165, 1.54) is 12.1 Å². The number of hydrogen-bond donors (Lipinski definition) is 4. The number of unbranched alkanes of at least 4 members (excludes halogenated alkanes) is 2. The maximum Gasteiger partial charge on any atom is 0.166 e. The van der Waals surface area contributed by atoms with Crippen molar-refractivity contribution in [1.29, 1.82) is 0 Å². The Hall–Kier alpha value is -2.44. The summed E-state index contributed by atoms with van der Waals surface area (Å²) in [4.78, 5) is 24.2. The van der Waals surface area contributed by atoms with Gasteiger partial charge in [-0.05, 0) is 25.0 Å². The quantitative estimate of drug-likeness (QED) is 0.364. The third kappa shape index (κ3) is 5.28. The first-order valence-electron chi connectivity index (χ1n) is 8.20. The van der Waals surface area contributed by atoms with E-state index < -0.39 is 0 Å². The van der Waals surface area contributed by atoms with Gasteiger partial charge in [-0.15, -0.1) is 0 Å². The summed E-state index contributed by atoms with van der Waals surface area (Å²) in [6.07, 6.45) is 1.87. The number of phenolic OH excluding ortho intramolecular Hbond substituents is 4. The molecule has 0 unspecified atom stereocenters. The van der Waals surface area contributed by atoms with Gasteiger partial charge < -0.3 is 20.4 Å². The number of rotatable bonds is 8. The number of benzene rings is 2. The van der Waals surface area contributed by atoms with E-state index in [9.17, 15) is 30.0 Å². The average molecular weight is 413 g/mol. The number of halogens is 2. The summed E-state index contributed by atoms with van der Waals surface area (Å²) in [5.74, 6) is -1.91. The van der Waals surface area contributed by atoms with Crippen LogP contribution in [0.3, 0.4) is 0 Å². The molecule has 2 aromatic rings. The summed E-state index contributed by atoms with van der Waals surface area (Å²) in [6, 6.07) is 4.47. The van der Waals surface area contributed by atoms with Gasteiger partial charge in [-0.1, -0.05) is 29.6 Å². The largest absolute Gasteiger partial charge is 0.507 e. The second-order valence-electron chi connectivity index (χ2n) is 6.05. The van der Waals surface area contributed by atoms with E-state index in [0.29, 0.717) is 19.3 Å². The number of hydrogen-bond acceptors (Lipinski definition) is 6. The maximum absolute atomic E-state index is 12.1. The van der Waals surface area contributed by atoms with E-state index >= 15 is 0 Å². The van der Waals surface area contributed by atoms with E-state index in [0.717, 1.165) is 12.1 Å². The fraction of sp³-hybridized carbons (Fsp3) is 0.263. The summed E-state index contributed by atoms with van der Waals surface area (Å²) in [6.45, 7) is 0. The molecule has 0 amide bonds. The molecule has 144 valence electrons. The monoisotopic (exact) mass is 412 g/mol. The highest BCUT2D eigenvalue weighted by atomic mass is 35.5. The normalized spacial score (nSPS) is 10.7. The van der Waals surface area contributed by atoms with Gasteiger partial charge in [-0.3, -0.25) is 9.59 Å². The smallest absolute Gasteiger partial charge is 0.166 e. The number of Topliss-reactive ketones (excluding diaryl/α,β-unsaturated/α-hetero) is 2. The molecule has 0 radical (unpaired) electrons. The predicted octanol–water partition coefficient (Wildman–Crippen LogP) is 4.83. The Bertz CT molecular complexity index is 807. The molecule has 0 aromatic heterocycles. The Balaban J connectivity index is 1.82. The molecule has 0 spiro atoms. The van der Waals surface area contributed by atoms with E-state index in [4.69, 9.17) is 23.2 Å². The summed E-state index contributed by atoms with van der Waals surface area (Å²) in [5.41, 5.74) is 0.0788. The third-order valence-electron chi connectivity index (χ3n) is 4.04. The molecule has 0 aliphatic rings. The molecule has 0 saturated carbocycles. The van der Waals surface area contributed by atoms with Gasteiger partial charge in [0.1, 0.15) is 23.0 Å². The van der Waals surface area contributed by atoms with E-state index in [2.05, 4.69) is 0 Å². The molecule has 2 rings (SSSR count). The molecule has 8 heteroatoms. The SMILES string of the molecule is O=C(CCCCCC(=O)c1cc(Cl)c(O)cc1O)c1cc(Cl)c(O)cc1O. The Morgan fingerprint density at radius 2 is 1.00 bits per heavy atom. The summed E-state index contributed by atoms with van der Waals surface area (Å²) < 4.78 is 0. The first-order valence-corrected chi connectivity index (χ1v) is 8.95. The molecular formula is C19H18Cl2O6. The van der Waals surface area contributed by atoms with Gasteiger partial charge in [0.05, 0.1) is 21.2 Å². The fourth-order valence-electron chi connectivity index (χ4n) is 2.57. The minimum absolute atomic E-state index is 0.0193.